The fraction of sp³-hybridized carbons (Fsp3) is 0.455. The van der Waals surface area contributed by atoms with Gasteiger partial charge in [-0.15, -0.1) is 0 Å². The number of aliphatic hydroxyl groups excluding tert-OH is 1. The fourth-order valence-electron chi connectivity index (χ4n) is 1.31. The van der Waals surface area contributed by atoms with Crippen LogP contribution in [0.2, 0.25) is 0 Å². The van der Waals surface area contributed by atoms with Gasteiger partial charge in [-0.05, 0) is 17.7 Å². The van der Waals surface area contributed by atoms with E-state index in [0.29, 0.717) is 11.3 Å². The van der Waals surface area contributed by atoms with E-state index in [-0.39, 0.29) is 5.75 Å². The Bertz CT molecular complexity index is 455. The molecule has 0 fully saturated rings. The second-order valence-electron chi connectivity index (χ2n) is 3.52. The van der Waals surface area contributed by atoms with E-state index in [4.69, 9.17) is 4.74 Å². The largest absolute Gasteiger partial charge is 0.497 e. The van der Waals surface area contributed by atoms with E-state index >= 15 is 0 Å². The highest BCUT2D eigenvalue weighted by Crippen LogP contribution is 2.28. The topological polar surface area (TPSA) is 63.6 Å². The SMILES string of the molecule is CCS(=O)(=O)[C@H](I)[C@H](O)c1ccc(OC)cc1. The molecule has 1 rings (SSSR count). The summed E-state index contributed by atoms with van der Waals surface area (Å²) >= 11 is 1.76. The first-order valence-electron chi connectivity index (χ1n) is 5.10. The molecule has 0 aromatic heterocycles. The average Bonchev–Trinajstić information content (AvgIpc) is 2.37. The third kappa shape index (κ3) is 3.56. The van der Waals surface area contributed by atoms with Gasteiger partial charge in [0.1, 0.15) is 15.1 Å². The molecule has 1 aromatic carbocycles. The van der Waals surface area contributed by atoms with Crippen LogP contribution in [0.4, 0.5) is 0 Å². The number of alkyl halides is 1. The van der Waals surface area contributed by atoms with Crippen molar-refractivity contribution < 1.29 is 18.3 Å². The van der Waals surface area contributed by atoms with Crippen molar-refractivity contribution in [3.05, 3.63) is 29.8 Å². The third-order valence-corrected chi connectivity index (χ3v) is 7.21. The van der Waals surface area contributed by atoms with Crippen LogP contribution in [0, 0.1) is 0 Å². The van der Waals surface area contributed by atoms with Crippen molar-refractivity contribution >= 4 is 32.4 Å². The van der Waals surface area contributed by atoms with Crippen LogP contribution in [0.15, 0.2) is 24.3 Å². The van der Waals surface area contributed by atoms with Gasteiger partial charge in [0.25, 0.3) is 0 Å². The zero-order valence-corrected chi connectivity index (χ0v) is 12.6. The predicted molar refractivity (Wildman–Crippen MR) is 75.2 cm³/mol. The Balaban J connectivity index is 2.92. The molecule has 0 spiro atoms. The molecular formula is C11H15IO4S. The van der Waals surface area contributed by atoms with Crippen LogP contribution < -0.4 is 4.74 Å². The molecule has 1 aromatic rings. The smallest absolute Gasteiger partial charge is 0.164 e. The van der Waals surface area contributed by atoms with Gasteiger partial charge in [0.05, 0.1) is 7.11 Å². The number of hydrogen-bond acceptors (Lipinski definition) is 4. The van der Waals surface area contributed by atoms with E-state index in [1.54, 1.807) is 60.9 Å². The van der Waals surface area contributed by atoms with Gasteiger partial charge in [0, 0.05) is 5.75 Å². The zero-order chi connectivity index (χ0) is 13.1. The van der Waals surface area contributed by atoms with Gasteiger partial charge in [0.2, 0.25) is 0 Å². The molecule has 2 atom stereocenters. The number of methoxy groups -OCH3 is 1. The minimum atomic E-state index is -3.26. The van der Waals surface area contributed by atoms with E-state index in [9.17, 15) is 13.5 Å². The molecule has 0 aliphatic rings. The lowest BCUT2D eigenvalue weighted by atomic mass is 10.1. The average molecular weight is 370 g/mol. The molecule has 0 heterocycles. The molecule has 0 radical (unpaired) electrons. The molecule has 0 amide bonds. The molecule has 1 N–H and O–H groups in total. The van der Waals surface area contributed by atoms with Crippen molar-refractivity contribution in [3.63, 3.8) is 0 Å². The summed E-state index contributed by atoms with van der Waals surface area (Å²) in [6.45, 7) is 1.57. The summed E-state index contributed by atoms with van der Waals surface area (Å²) in [6, 6.07) is 6.72. The highest BCUT2D eigenvalue weighted by molar-refractivity contribution is 14.1. The van der Waals surface area contributed by atoms with Crippen molar-refractivity contribution in [2.75, 3.05) is 12.9 Å². The second-order valence-corrected chi connectivity index (χ2v) is 8.12. The summed E-state index contributed by atoms with van der Waals surface area (Å²) < 4.78 is 27.5. The molecule has 0 aliphatic carbocycles. The first kappa shape index (κ1) is 14.7. The quantitative estimate of drug-likeness (QED) is 0.636. The number of halogens is 1. The Labute approximate surface area is 115 Å². The summed E-state index contributed by atoms with van der Waals surface area (Å²) in [6.07, 6.45) is -1.02. The van der Waals surface area contributed by atoms with Gasteiger partial charge in [-0.3, -0.25) is 0 Å². The number of benzene rings is 1. The first-order valence-corrected chi connectivity index (χ1v) is 8.06. The molecule has 0 aliphatic heterocycles. The Morgan fingerprint density at radius 2 is 1.88 bits per heavy atom. The molecule has 0 saturated heterocycles. The molecule has 6 heteroatoms. The van der Waals surface area contributed by atoms with Crippen LogP contribution in [0.25, 0.3) is 0 Å². The fourth-order valence-corrected chi connectivity index (χ4v) is 3.67. The monoisotopic (exact) mass is 370 g/mol. The van der Waals surface area contributed by atoms with Crippen molar-refractivity contribution in [2.24, 2.45) is 0 Å². The molecule has 96 valence electrons. The van der Waals surface area contributed by atoms with E-state index in [2.05, 4.69) is 0 Å². The lowest BCUT2D eigenvalue weighted by molar-refractivity contribution is 0.197. The van der Waals surface area contributed by atoms with Crippen LogP contribution >= 0.6 is 22.6 Å². The molecular weight excluding hydrogens is 355 g/mol. The molecule has 17 heavy (non-hydrogen) atoms. The second kappa shape index (κ2) is 6.01. The number of aliphatic hydroxyl groups is 1. The summed E-state index contributed by atoms with van der Waals surface area (Å²) in [7, 11) is -1.71. The first-order chi connectivity index (χ1) is 7.92. The standard InChI is InChI=1S/C11H15IO4S/c1-3-17(14,15)11(12)10(13)8-4-6-9(16-2)7-5-8/h4-7,10-11,13H,3H2,1-2H3/t10-,11+/m1/s1. The van der Waals surface area contributed by atoms with Crippen LogP contribution in [0.3, 0.4) is 0 Å². The highest BCUT2D eigenvalue weighted by atomic mass is 127. The molecule has 4 nitrogen and oxygen atoms in total. The number of ether oxygens (including phenoxy) is 1. The zero-order valence-electron chi connectivity index (χ0n) is 9.63. The maximum absolute atomic E-state index is 11.6. The van der Waals surface area contributed by atoms with Crippen molar-refractivity contribution in [1.29, 1.82) is 0 Å². The molecule has 0 bridgehead atoms. The van der Waals surface area contributed by atoms with E-state index in [0.717, 1.165) is 0 Å². The van der Waals surface area contributed by atoms with Crippen molar-refractivity contribution in [1.82, 2.24) is 0 Å². The summed E-state index contributed by atoms with van der Waals surface area (Å²) in [5.41, 5.74) is 0.572. The Morgan fingerprint density at radius 3 is 2.29 bits per heavy atom. The summed E-state index contributed by atoms with van der Waals surface area (Å²) in [5, 5.41) is 9.99. The normalized spacial score (nSPS) is 15.3. The third-order valence-electron chi connectivity index (χ3n) is 2.45. The van der Waals surface area contributed by atoms with Crippen molar-refractivity contribution in [2.45, 2.75) is 16.3 Å². The van der Waals surface area contributed by atoms with Gasteiger partial charge in [-0.1, -0.05) is 41.6 Å². The molecule has 0 unspecified atom stereocenters. The summed E-state index contributed by atoms with van der Waals surface area (Å²) in [5.74, 6) is 0.692. The predicted octanol–water partition coefficient (Wildman–Crippen LogP) is 1.92. The van der Waals surface area contributed by atoms with Crippen LogP contribution in [0.5, 0.6) is 5.75 Å². The molecule has 0 saturated carbocycles. The van der Waals surface area contributed by atoms with E-state index in [1.807, 2.05) is 0 Å². The Hall–Kier alpha value is -0.340. The van der Waals surface area contributed by atoms with E-state index in [1.165, 1.54) is 0 Å². The number of hydrogen-bond donors (Lipinski definition) is 1. The van der Waals surface area contributed by atoms with Crippen LogP contribution in [-0.4, -0.2) is 29.6 Å². The van der Waals surface area contributed by atoms with Gasteiger partial charge in [-0.25, -0.2) is 8.42 Å². The van der Waals surface area contributed by atoms with Gasteiger partial charge in [-0.2, -0.15) is 0 Å². The number of sulfone groups is 1. The lowest BCUT2D eigenvalue weighted by Gasteiger charge is -2.17. The van der Waals surface area contributed by atoms with Gasteiger partial charge < -0.3 is 9.84 Å². The van der Waals surface area contributed by atoms with Crippen LogP contribution in [-0.2, 0) is 9.84 Å². The lowest BCUT2D eigenvalue weighted by Crippen LogP contribution is -2.24. The maximum atomic E-state index is 11.6. The number of rotatable bonds is 5. The maximum Gasteiger partial charge on any atom is 0.164 e. The Morgan fingerprint density at radius 1 is 1.35 bits per heavy atom. The Kier molecular flexibility index (Phi) is 5.21. The highest BCUT2D eigenvalue weighted by Gasteiger charge is 2.29. The minimum Gasteiger partial charge on any atom is -0.497 e. The van der Waals surface area contributed by atoms with Gasteiger partial charge in [0.15, 0.2) is 9.84 Å². The van der Waals surface area contributed by atoms with Crippen LogP contribution in [0.1, 0.15) is 18.6 Å². The van der Waals surface area contributed by atoms with Crippen molar-refractivity contribution in [3.8, 4) is 5.75 Å². The summed E-state index contributed by atoms with van der Waals surface area (Å²) in [4.78, 5) is 0. The van der Waals surface area contributed by atoms with Gasteiger partial charge >= 0.3 is 0 Å². The van der Waals surface area contributed by atoms with E-state index < -0.39 is 19.2 Å². The minimum absolute atomic E-state index is 0.0216.